The van der Waals surface area contributed by atoms with Crippen molar-refractivity contribution in [2.24, 2.45) is 0 Å². The maximum atomic E-state index is 9.84. The normalized spacial score (nSPS) is 21.0. The molecule has 0 amide bonds. The quantitative estimate of drug-likeness (QED) is 0.891. The number of aromatic hydroxyl groups is 1. The average Bonchev–Trinajstić information content (AvgIpc) is 3.02. The molecule has 0 radical (unpaired) electrons. The summed E-state index contributed by atoms with van der Waals surface area (Å²) in [7, 11) is 1.55. The third kappa shape index (κ3) is 3.24. The number of rotatable bonds is 5. The van der Waals surface area contributed by atoms with Gasteiger partial charge in [0, 0.05) is 19.2 Å². The Labute approximate surface area is 130 Å². The number of methoxy groups -OCH3 is 1. The van der Waals surface area contributed by atoms with Crippen molar-refractivity contribution in [3.63, 3.8) is 0 Å². The Morgan fingerprint density at radius 1 is 1.23 bits per heavy atom. The number of phenolic OH excluding ortho intramolecular Hbond substituents is 1. The Morgan fingerprint density at radius 3 is 2.77 bits per heavy atom. The second-order valence-electron chi connectivity index (χ2n) is 5.48. The van der Waals surface area contributed by atoms with Gasteiger partial charge < -0.3 is 19.9 Å². The van der Waals surface area contributed by atoms with Crippen molar-refractivity contribution in [2.45, 2.75) is 25.1 Å². The number of nitrogens with one attached hydrogen (secondary N) is 1. The molecule has 0 saturated carbocycles. The van der Waals surface area contributed by atoms with Crippen LogP contribution >= 0.6 is 0 Å². The van der Waals surface area contributed by atoms with Crippen LogP contribution in [-0.2, 0) is 11.3 Å². The molecule has 2 N–H and O–H groups in total. The first-order chi connectivity index (χ1) is 10.8. The highest BCUT2D eigenvalue weighted by Crippen LogP contribution is 2.30. The predicted molar refractivity (Wildman–Crippen MR) is 85.0 cm³/mol. The molecule has 2 aromatic rings. The molecule has 1 heterocycles. The topological polar surface area (TPSA) is 50.7 Å². The summed E-state index contributed by atoms with van der Waals surface area (Å²) in [6, 6.07) is 16.1. The highest BCUT2D eigenvalue weighted by atomic mass is 16.5. The van der Waals surface area contributed by atoms with Crippen molar-refractivity contribution in [2.75, 3.05) is 13.7 Å². The lowest BCUT2D eigenvalue weighted by molar-refractivity contribution is 0.0985. The van der Waals surface area contributed by atoms with Crippen molar-refractivity contribution in [1.82, 2.24) is 5.32 Å². The van der Waals surface area contributed by atoms with E-state index in [1.165, 1.54) is 5.56 Å². The van der Waals surface area contributed by atoms with Crippen LogP contribution in [0.2, 0.25) is 0 Å². The van der Waals surface area contributed by atoms with Crippen LogP contribution in [0.5, 0.6) is 11.5 Å². The van der Waals surface area contributed by atoms with Crippen molar-refractivity contribution in [1.29, 1.82) is 0 Å². The molecule has 3 rings (SSSR count). The van der Waals surface area contributed by atoms with Gasteiger partial charge in [0.2, 0.25) is 0 Å². The van der Waals surface area contributed by atoms with Crippen molar-refractivity contribution in [3.05, 3.63) is 59.7 Å². The van der Waals surface area contributed by atoms with Crippen LogP contribution in [0.3, 0.4) is 0 Å². The first kappa shape index (κ1) is 14.9. The van der Waals surface area contributed by atoms with Crippen molar-refractivity contribution >= 4 is 0 Å². The summed E-state index contributed by atoms with van der Waals surface area (Å²) >= 11 is 0. The number of benzene rings is 2. The molecule has 2 atom stereocenters. The standard InChI is InChI=1S/C18H21NO3/c1-21-17-8-7-13(11-16(17)20)12-19-15-9-10-22-18(15)14-5-3-2-4-6-14/h2-8,11,15,18-20H,9-10,12H2,1H3/t15-,18+/m0/s1. The van der Waals surface area contributed by atoms with Crippen LogP contribution in [0.15, 0.2) is 48.5 Å². The molecule has 0 bridgehead atoms. The Hall–Kier alpha value is -2.04. The molecule has 1 saturated heterocycles. The van der Waals surface area contributed by atoms with E-state index in [9.17, 15) is 5.11 Å². The third-order valence-electron chi connectivity index (χ3n) is 4.03. The van der Waals surface area contributed by atoms with E-state index in [4.69, 9.17) is 9.47 Å². The number of hydrogen-bond donors (Lipinski definition) is 2. The van der Waals surface area contributed by atoms with Gasteiger partial charge in [-0.25, -0.2) is 0 Å². The average molecular weight is 299 g/mol. The zero-order chi connectivity index (χ0) is 15.4. The minimum absolute atomic E-state index is 0.0908. The molecule has 1 aliphatic heterocycles. The summed E-state index contributed by atoms with van der Waals surface area (Å²) < 4.78 is 10.9. The van der Waals surface area contributed by atoms with Gasteiger partial charge in [0.25, 0.3) is 0 Å². The smallest absolute Gasteiger partial charge is 0.160 e. The minimum atomic E-state index is 0.0908. The highest BCUT2D eigenvalue weighted by Gasteiger charge is 2.28. The Kier molecular flexibility index (Phi) is 4.61. The van der Waals surface area contributed by atoms with Gasteiger partial charge in [-0.3, -0.25) is 0 Å². The summed E-state index contributed by atoms with van der Waals surface area (Å²) in [5, 5.41) is 13.4. The fraction of sp³-hybridized carbons (Fsp3) is 0.333. The molecule has 0 unspecified atom stereocenters. The minimum Gasteiger partial charge on any atom is -0.504 e. The largest absolute Gasteiger partial charge is 0.504 e. The summed E-state index contributed by atoms with van der Waals surface area (Å²) in [4.78, 5) is 0. The predicted octanol–water partition coefficient (Wildman–Crippen LogP) is 3.02. The SMILES string of the molecule is COc1ccc(CN[C@H]2CCO[C@@H]2c2ccccc2)cc1O. The maximum absolute atomic E-state index is 9.84. The van der Waals surface area contributed by atoms with E-state index in [0.29, 0.717) is 12.3 Å². The van der Waals surface area contributed by atoms with E-state index >= 15 is 0 Å². The van der Waals surface area contributed by atoms with Crippen LogP contribution < -0.4 is 10.1 Å². The van der Waals surface area contributed by atoms with Gasteiger partial charge in [-0.1, -0.05) is 36.4 Å². The molecule has 116 valence electrons. The molecule has 22 heavy (non-hydrogen) atoms. The fourth-order valence-corrected chi connectivity index (χ4v) is 2.86. The first-order valence-corrected chi connectivity index (χ1v) is 7.54. The summed E-state index contributed by atoms with van der Waals surface area (Å²) in [6.07, 6.45) is 1.08. The number of phenols is 1. The van der Waals surface area contributed by atoms with Crippen LogP contribution in [0.1, 0.15) is 23.7 Å². The van der Waals surface area contributed by atoms with Crippen LogP contribution in [0.4, 0.5) is 0 Å². The summed E-state index contributed by atoms with van der Waals surface area (Å²) in [6.45, 7) is 1.46. The molecule has 1 fully saturated rings. The maximum Gasteiger partial charge on any atom is 0.160 e. The fourth-order valence-electron chi connectivity index (χ4n) is 2.86. The first-order valence-electron chi connectivity index (χ1n) is 7.54. The lowest BCUT2D eigenvalue weighted by Crippen LogP contribution is -2.31. The lowest BCUT2D eigenvalue weighted by atomic mass is 10.0. The number of hydrogen-bond acceptors (Lipinski definition) is 4. The van der Waals surface area contributed by atoms with E-state index in [-0.39, 0.29) is 17.9 Å². The molecule has 4 nitrogen and oxygen atoms in total. The lowest BCUT2D eigenvalue weighted by Gasteiger charge is -2.20. The molecular formula is C18H21NO3. The van der Waals surface area contributed by atoms with Gasteiger partial charge in [-0.05, 0) is 29.7 Å². The van der Waals surface area contributed by atoms with E-state index < -0.39 is 0 Å². The molecule has 0 aliphatic carbocycles. The third-order valence-corrected chi connectivity index (χ3v) is 4.03. The monoisotopic (exact) mass is 299 g/mol. The Balaban J connectivity index is 1.64. The van der Waals surface area contributed by atoms with Crippen molar-refractivity contribution < 1.29 is 14.6 Å². The summed E-state index contributed by atoms with van der Waals surface area (Å²) in [5.41, 5.74) is 2.23. The van der Waals surface area contributed by atoms with Gasteiger partial charge in [-0.2, -0.15) is 0 Å². The number of ether oxygens (including phenoxy) is 2. The van der Waals surface area contributed by atoms with Gasteiger partial charge in [0.1, 0.15) is 0 Å². The second-order valence-corrected chi connectivity index (χ2v) is 5.48. The van der Waals surface area contributed by atoms with E-state index in [1.54, 1.807) is 19.2 Å². The second kappa shape index (κ2) is 6.81. The zero-order valence-electron chi connectivity index (χ0n) is 12.7. The van der Waals surface area contributed by atoms with Gasteiger partial charge in [-0.15, -0.1) is 0 Å². The van der Waals surface area contributed by atoms with E-state index in [1.807, 2.05) is 24.3 Å². The molecule has 1 aliphatic rings. The van der Waals surface area contributed by atoms with Crippen LogP contribution in [0.25, 0.3) is 0 Å². The highest BCUT2D eigenvalue weighted by molar-refractivity contribution is 5.41. The molecule has 0 spiro atoms. The van der Waals surface area contributed by atoms with Gasteiger partial charge >= 0.3 is 0 Å². The molecule has 4 heteroatoms. The van der Waals surface area contributed by atoms with Crippen LogP contribution in [0, 0.1) is 0 Å². The zero-order valence-corrected chi connectivity index (χ0v) is 12.7. The van der Waals surface area contributed by atoms with Crippen molar-refractivity contribution in [3.8, 4) is 11.5 Å². The van der Waals surface area contributed by atoms with Crippen LogP contribution in [-0.4, -0.2) is 24.9 Å². The van der Waals surface area contributed by atoms with E-state index in [2.05, 4.69) is 17.4 Å². The van der Waals surface area contributed by atoms with Gasteiger partial charge in [0.15, 0.2) is 11.5 Å². The Bertz CT molecular complexity index is 615. The van der Waals surface area contributed by atoms with Gasteiger partial charge in [0.05, 0.1) is 13.2 Å². The molecule has 0 aromatic heterocycles. The van der Waals surface area contributed by atoms with E-state index in [0.717, 1.165) is 18.6 Å². The Morgan fingerprint density at radius 2 is 2.05 bits per heavy atom. The summed E-state index contributed by atoms with van der Waals surface area (Å²) in [5.74, 6) is 0.666. The molecule has 2 aromatic carbocycles. The molecular weight excluding hydrogens is 278 g/mol.